The Morgan fingerprint density at radius 3 is 2.35 bits per heavy atom. The van der Waals surface area contributed by atoms with E-state index in [9.17, 15) is 18.8 Å². The number of nitrogens with one attached hydrogen (secondary N) is 2. The SMILES string of the molecule is CCOC(=O)[C@@H](NC(C)=O)C(=O)Nc1ccc(F)cc1. The van der Waals surface area contributed by atoms with Crippen molar-refractivity contribution in [2.75, 3.05) is 11.9 Å². The summed E-state index contributed by atoms with van der Waals surface area (Å²) in [5.74, 6) is -2.61. The first-order chi connectivity index (χ1) is 9.43. The maximum absolute atomic E-state index is 12.7. The van der Waals surface area contributed by atoms with Crippen LogP contribution < -0.4 is 10.6 Å². The number of amides is 2. The third kappa shape index (κ3) is 4.68. The van der Waals surface area contributed by atoms with E-state index in [-0.39, 0.29) is 6.61 Å². The zero-order chi connectivity index (χ0) is 15.1. The zero-order valence-electron chi connectivity index (χ0n) is 11.1. The van der Waals surface area contributed by atoms with Crippen LogP contribution in [0.15, 0.2) is 24.3 Å². The monoisotopic (exact) mass is 282 g/mol. The lowest BCUT2D eigenvalue weighted by atomic mass is 10.2. The quantitative estimate of drug-likeness (QED) is 0.619. The number of hydrogen-bond acceptors (Lipinski definition) is 4. The first-order valence-corrected chi connectivity index (χ1v) is 5.94. The van der Waals surface area contributed by atoms with Gasteiger partial charge in [0.15, 0.2) is 0 Å². The average Bonchev–Trinajstić information content (AvgIpc) is 2.38. The zero-order valence-corrected chi connectivity index (χ0v) is 11.1. The second-order valence-corrected chi connectivity index (χ2v) is 3.88. The van der Waals surface area contributed by atoms with Crippen LogP contribution in [0.2, 0.25) is 0 Å². The fraction of sp³-hybridized carbons (Fsp3) is 0.308. The number of ether oxygens (including phenoxy) is 1. The summed E-state index contributed by atoms with van der Waals surface area (Å²) >= 11 is 0. The smallest absolute Gasteiger partial charge is 0.338 e. The predicted octanol–water partition coefficient (Wildman–Crippen LogP) is 0.832. The number of hydrogen-bond donors (Lipinski definition) is 2. The van der Waals surface area contributed by atoms with Gasteiger partial charge < -0.3 is 15.4 Å². The summed E-state index contributed by atoms with van der Waals surface area (Å²) in [5, 5.41) is 4.59. The van der Waals surface area contributed by atoms with Crippen LogP contribution >= 0.6 is 0 Å². The van der Waals surface area contributed by atoms with Gasteiger partial charge >= 0.3 is 5.97 Å². The molecular weight excluding hydrogens is 267 g/mol. The Morgan fingerprint density at radius 2 is 1.85 bits per heavy atom. The first-order valence-electron chi connectivity index (χ1n) is 5.94. The maximum Gasteiger partial charge on any atom is 0.338 e. The standard InChI is InChI=1S/C13H15FN2O4/c1-3-20-13(19)11(15-8(2)17)12(18)16-10-6-4-9(14)5-7-10/h4-7,11H,3H2,1-2H3,(H,15,17)(H,16,18)/t11-/m0/s1. The van der Waals surface area contributed by atoms with Crippen molar-refractivity contribution in [1.82, 2.24) is 5.32 Å². The number of halogens is 1. The Morgan fingerprint density at radius 1 is 1.25 bits per heavy atom. The minimum absolute atomic E-state index is 0.0821. The van der Waals surface area contributed by atoms with Crippen molar-refractivity contribution in [3.05, 3.63) is 30.1 Å². The molecular formula is C13H15FN2O4. The number of carbonyl (C=O) groups is 3. The van der Waals surface area contributed by atoms with Crippen molar-refractivity contribution in [2.24, 2.45) is 0 Å². The van der Waals surface area contributed by atoms with Crippen LogP contribution in [0.4, 0.5) is 10.1 Å². The van der Waals surface area contributed by atoms with Crippen LogP contribution in [0.1, 0.15) is 13.8 Å². The summed E-state index contributed by atoms with van der Waals surface area (Å²) < 4.78 is 17.4. The van der Waals surface area contributed by atoms with Gasteiger partial charge in [0, 0.05) is 12.6 Å². The van der Waals surface area contributed by atoms with Gasteiger partial charge in [-0.2, -0.15) is 0 Å². The molecule has 2 amide bonds. The largest absolute Gasteiger partial charge is 0.464 e. The molecule has 6 nitrogen and oxygen atoms in total. The first kappa shape index (κ1) is 15.6. The van der Waals surface area contributed by atoms with Crippen LogP contribution in [-0.4, -0.2) is 30.4 Å². The van der Waals surface area contributed by atoms with E-state index in [1.54, 1.807) is 6.92 Å². The van der Waals surface area contributed by atoms with E-state index in [1.807, 2.05) is 0 Å². The molecule has 1 aromatic rings. The molecule has 1 rings (SSSR count). The van der Waals surface area contributed by atoms with Crippen molar-refractivity contribution in [2.45, 2.75) is 19.9 Å². The lowest BCUT2D eigenvalue weighted by Crippen LogP contribution is -2.49. The molecule has 1 aromatic carbocycles. The molecule has 0 bridgehead atoms. The highest BCUT2D eigenvalue weighted by Gasteiger charge is 2.28. The van der Waals surface area contributed by atoms with Gasteiger partial charge in [0.05, 0.1) is 6.61 Å². The van der Waals surface area contributed by atoms with Gasteiger partial charge in [-0.3, -0.25) is 9.59 Å². The number of rotatable bonds is 5. The van der Waals surface area contributed by atoms with Crippen molar-refractivity contribution in [3.63, 3.8) is 0 Å². The molecule has 0 radical (unpaired) electrons. The molecule has 0 aliphatic carbocycles. The lowest BCUT2D eigenvalue weighted by molar-refractivity contribution is -0.149. The van der Waals surface area contributed by atoms with Gasteiger partial charge in [-0.05, 0) is 31.2 Å². The highest BCUT2D eigenvalue weighted by atomic mass is 19.1. The number of anilines is 1. The third-order valence-corrected chi connectivity index (χ3v) is 2.24. The van der Waals surface area contributed by atoms with E-state index >= 15 is 0 Å². The molecule has 0 unspecified atom stereocenters. The van der Waals surface area contributed by atoms with Crippen LogP contribution in [0, 0.1) is 5.82 Å². The van der Waals surface area contributed by atoms with E-state index in [2.05, 4.69) is 10.6 Å². The Balaban J connectivity index is 2.79. The Kier molecular flexibility index (Phi) is 5.64. The second-order valence-electron chi connectivity index (χ2n) is 3.88. The number of benzene rings is 1. The van der Waals surface area contributed by atoms with Crippen molar-refractivity contribution in [3.8, 4) is 0 Å². The molecule has 2 N–H and O–H groups in total. The normalized spacial score (nSPS) is 11.3. The average molecular weight is 282 g/mol. The minimum atomic E-state index is -1.45. The summed E-state index contributed by atoms with van der Waals surface area (Å²) in [7, 11) is 0. The van der Waals surface area contributed by atoms with Gasteiger partial charge in [0.25, 0.3) is 5.91 Å². The molecule has 0 aromatic heterocycles. The fourth-order valence-electron chi connectivity index (χ4n) is 1.41. The van der Waals surface area contributed by atoms with Gasteiger partial charge in [-0.15, -0.1) is 0 Å². The van der Waals surface area contributed by atoms with Crippen LogP contribution in [-0.2, 0) is 19.1 Å². The molecule has 7 heteroatoms. The van der Waals surface area contributed by atoms with Crippen molar-refractivity contribution >= 4 is 23.5 Å². The lowest BCUT2D eigenvalue weighted by Gasteiger charge is -2.16. The number of esters is 1. The van der Waals surface area contributed by atoms with Crippen molar-refractivity contribution < 1.29 is 23.5 Å². The van der Waals surface area contributed by atoms with E-state index in [1.165, 1.54) is 19.1 Å². The van der Waals surface area contributed by atoms with Crippen LogP contribution in [0.5, 0.6) is 0 Å². The highest BCUT2D eigenvalue weighted by molar-refractivity contribution is 6.10. The number of carbonyl (C=O) groups excluding carboxylic acids is 3. The topological polar surface area (TPSA) is 84.5 Å². The Bertz CT molecular complexity index is 502. The predicted molar refractivity (Wildman–Crippen MR) is 69.3 cm³/mol. The molecule has 0 fully saturated rings. The second kappa shape index (κ2) is 7.22. The van der Waals surface area contributed by atoms with Gasteiger partial charge in [-0.25, -0.2) is 9.18 Å². The summed E-state index contributed by atoms with van der Waals surface area (Å²) in [6.07, 6.45) is 0. The van der Waals surface area contributed by atoms with Crippen LogP contribution in [0.3, 0.4) is 0 Å². The summed E-state index contributed by atoms with van der Waals surface area (Å²) in [6, 6.07) is 3.55. The third-order valence-electron chi connectivity index (χ3n) is 2.24. The molecule has 0 aliphatic rings. The molecule has 0 heterocycles. The van der Waals surface area contributed by atoms with Crippen molar-refractivity contribution in [1.29, 1.82) is 0 Å². The maximum atomic E-state index is 12.7. The van der Waals surface area contributed by atoms with Gasteiger partial charge in [0.1, 0.15) is 5.82 Å². The summed E-state index contributed by atoms with van der Waals surface area (Å²) in [6.45, 7) is 2.84. The summed E-state index contributed by atoms with van der Waals surface area (Å²) in [5.41, 5.74) is 0.302. The fourth-order valence-corrected chi connectivity index (χ4v) is 1.41. The van der Waals surface area contributed by atoms with Gasteiger partial charge in [-0.1, -0.05) is 0 Å². The molecule has 0 aliphatic heterocycles. The highest BCUT2D eigenvalue weighted by Crippen LogP contribution is 2.09. The molecule has 0 saturated heterocycles. The molecule has 20 heavy (non-hydrogen) atoms. The van der Waals surface area contributed by atoms with Gasteiger partial charge in [0.2, 0.25) is 11.9 Å². The molecule has 1 atom stereocenters. The molecule has 0 saturated carbocycles. The van der Waals surface area contributed by atoms with E-state index in [0.29, 0.717) is 5.69 Å². The van der Waals surface area contributed by atoms with E-state index < -0.39 is 29.6 Å². The van der Waals surface area contributed by atoms with E-state index in [0.717, 1.165) is 12.1 Å². The Hall–Kier alpha value is -2.44. The van der Waals surface area contributed by atoms with Crippen LogP contribution in [0.25, 0.3) is 0 Å². The van der Waals surface area contributed by atoms with E-state index in [4.69, 9.17) is 4.74 Å². The Labute approximate surface area is 115 Å². The summed E-state index contributed by atoms with van der Waals surface area (Å²) in [4.78, 5) is 34.6. The minimum Gasteiger partial charge on any atom is -0.464 e. The molecule has 108 valence electrons. The molecule has 0 spiro atoms.